The van der Waals surface area contributed by atoms with Crippen LogP contribution in [0.15, 0.2) is 39.8 Å². The lowest BCUT2D eigenvalue weighted by atomic mass is 10.0. The van der Waals surface area contributed by atoms with Crippen LogP contribution in [-0.2, 0) is 6.54 Å². The van der Waals surface area contributed by atoms with Gasteiger partial charge < -0.3 is 20.3 Å². The van der Waals surface area contributed by atoms with E-state index >= 15 is 0 Å². The molecule has 0 aliphatic carbocycles. The van der Waals surface area contributed by atoms with Crippen molar-refractivity contribution >= 4 is 5.96 Å². The number of nitrogens with zero attached hydrogens (tertiary/aromatic N) is 3. The average molecular weight is 303 g/mol. The van der Waals surface area contributed by atoms with Gasteiger partial charge in [-0.05, 0) is 12.5 Å². The van der Waals surface area contributed by atoms with Crippen molar-refractivity contribution in [2.75, 3.05) is 20.2 Å². The van der Waals surface area contributed by atoms with E-state index in [4.69, 9.17) is 4.52 Å². The summed E-state index contributed by atoms with van der Waals surface area (Å²) in [6.07, 6.45) is 0. The second-order valence-corrected chi connectivity index (χ2v) is 4.83. The molecule has 0 saturated heterocycles. The molecule has 7 heteroatoms. The van der Waals surface area contributed by atoms with Crippen LogP contribution in [0.25, 0.3) is 0 Å². The summed E-state index contributed by atoms with van der Waals surface area (Å²) in [7, 11) is 1.69. The van der Waals surface area contributed by atoms with E-state index in [9.17, 15) is 5.11 Å². The SMILES string of the molecule is CN=C(NCc1nc(C)no1)NCC(CO)c1ccccc1. The lowest BCUT2D eigenvalue weighted by molar-refractivity contribution is 0.265. The normalized spacial score (nSPS) is 13.0. The predicted molar refractivity (Wildman–Crippen MR) is 83.5 cm³/mol. The molecule has 1 atom stereocenters. The monoisotopic (exact) mass is 303 g/mol. The molecule has 1 heterocycles. The van der Waals surface area contributed by atoms with Gasteiger partial charge in [-0.3, -0.25) is 4.99 Å². The molecule has 2 aromatic rings. The minimum atomic E-state index is 0.00500. The van der Waals surface area contributed by atoms with E-state index in [1.807, 2.05) is 30.3 Å². The summed E-state index contributed by atoms with van der Waals surface area (Å²) in [5.41, 5.74) is 1.08. The number of rotatable bonds is 6. The van der Waals surface area contributed by atoms with Gasteiger partial charge >= 0.3 is 0 Å². The Morgan fingerprint density at radius 2 is 2.09 bits per heavy atom. The molecule has 1 aromatic heterocycles. The first-order valence-corrected chi connectivity index (χ1v) is 7.12. The van der Waals surface area contributed by atoms with E-state index in [0.29, 0.717) is 30.8 Å². The summed E-state index contributed by atoms with van der Waals surface area (Å²) in [6.45, 7) is 2.81. The number of hydrogen-bond donors (Lipinski definition) is 3. The van der Waals surface area contributed by atoms with Gasteiger partial charge in [0.25, 0.3) is 0 Å². The molecule has 0 aliphatic heterocycles. The van der Waals surface area contributed by atoms with E-state index in [-0.39, 0.29) is 12.5 Å². The number of benzene rings is 1. The molecule has 0 amide bonds. The van der Waals surface area contributed by atoms with Gasteiger partial charge in [0.05, 0.1) is 13.2 Å². The quantitative estimate of drug-likeness (QED) is 0.540. The van der Waals surface area contributed by atoms with Gasteiger partial charge in [-0.1, -0.05) is 35.5 Å². The molecule has 1 aromatic carbocycles. The number of aryl methyl sites for hydroxylation is 1. The topological polar surface area (TPSA) is 95.6 Å². The molecule has 1 unspecified atom stereocenters. The predicted octanol–water partition coefficient (Wildman–Crippen LogP) is 0.819. The van der Waals surface area contributed by atoms with Crippen molar-refractivity contribution in [3.63, 3.8) is 0 Å². The average Bonchev–Trinajstić information content (AvgIpc) is 2.97. The minimum Gasteiger partial charge on any atom is -0.396 e. The van der Waals surface area contributed by atoms with Gasteiger partial charge in [0.2, 0.25) is 5.89 Å². The molecular weight excluding hydrogens is 282 g/mol. The van der Waals surface area contributed by atoms with Gasteiger partial charge in [0, 0.05) is 19.5 Å². The van der Waals surface area contributed by atoms with Crippen LogP contribution in [0.3, 0.4) is 0 Å². The molecule has 0 radical (unpaired) electrons. The number of guanidine groups is 1. The first-order chi connectivity index (χ1) is 10.7. The van der Waals surface area contributed by atoms with Gasteiger partial charge in [0.15, 0.2) is 11.8 Å². The van der Waals surface area contributed by atoms with E-state index in [2.05, 4.69) is 25.8 Å². The van der Waals surface area contributed by atoms with Crippen molar-refractivity contribution in [1.29, 1.82) is 0 Å². The zero-order valence-corrected chi connectivity index (χ0v) is 12.8. The number of aliphatic hydroxyl groups is 1. The van der Waals surface area contributed by atoms with Crippen LogP contribution in [0.4, 0.5) is 0 Å². The Hall–Kier alpha value is -2.41. The Kier molecular flexibility index (Phi) is 5.91. The largest absolute Gasteiger partial charge is 0.396 e. The lowest BCUT2D eigenvalue weighted by Gasteiger charge is -2.17. The maximum absolute atomic E-state index is 9.54. The van der Waals surface area contributed by atoms with Crippen LogP contribution >= 0.6 is 0 Å². The van der Waals surface area contributed by atoms with Crippen LogP contribution in [0.5, 0.6) is 0 Å². The number of aliphatic hydroxyl groups excluding tert-OH is 1. The second-order valence-electron chi connectivity index (χ2n) is 4.83. The Morgan fingerprint density at radius 1 is 1.32 bits per heavy atom. The highest BCUT2D eigenvalue weighted by Crippen LogP contribution is 2.13. The molecule has 0 fully saturated rings. The summed E-state index contributed by atoms with van der Waals surface area (Å²) < 4.78 is 5.03. The molecule has 0 spiro atoms. The van der Waals surface area contributed by atoms with Crippen LogP contribution in [0, 0.1) is 6.92 Å². The van der Waals surface area contributed by atoms with Crippen molar-refractivity contribution in [3.8, 4) is 0 Å². The molecule has 22 heavy (non-hydrogen) atoms. The molecule has 118 valence electrons. The third-order valence-corrected chi connectivity index (χ3v) is 3.21. The fraction of sp³-hybridized carbons (Fsp3) is 0.400. The van der Waals surface area contributed by atoms with Crippen LogP contribution in [0.2, 0.25) is 0 Å². The first kappa shape index (κ1) is 16.0. The molecule has 2 rings (SSSR count). The summed E-state index contributed by atoms with van der Waals surface area (Å²) in [5.74, 6) is 1.72. The summed E-state index contributed by atoms with van der Waals surface area (Å²) in [6, 6.07) is 9.88. The van der Waals surface area contributed by atoms with Gasteiger partial charge in [0.1, 0.15) is 0 Å². The summed E-state index contributed by atoms with van der Waals surface area (Å²) >= 11 is 0. The fourth-order valence-electron chi connectivity index (χ4n) is 2.02. The Balaban J connectivity index is 1.85. The molecular formula is C15H21N5O2. The maximum atomic E-state index is 9.54. The van der Waals surface area contributed by atoms with Crippen molar-refractivity contribution in [2.45, 2.75) is 19.4 Å². The standard InChI is InChI=1S/C15H21N5O2/c1-11-19-14(22-20-11)9-18-15(16-2)17-8-13(10-21)12-6-4-3-5-7-12/h3-7,13,21H,8-10H2,1-2H3,(H2,16,17,18). The van der Waals surface area contributed by atoms with Crippen molar-refractivity contribution in [2.24, 2.45) is 4.99 Å². The molecule has 7 nitrogen and oxygen atoms in total. The third kappa shape index (κ3) is 4.56. The van der Waals surface area contributed by atoms with E-state index in [1.54, 1.807) is 14.0 Å². The number of aromatic nitrogens is 2. The number of hydrogen-bond acceptors (Lipinski definition) is 5. The molecule has 0 saturated carbocycles. The van der Waals surface area contributed by atoms with Crippen LogP contribution in [0.1, 0.15) is 23.2 Å². The molecule has 0 bridgehead atoms. The molecule has 3 N–H and O–H groups in total. The number of nitrogens with one attached hydrogen (secondary N) is 2. The Labute approximate surface area is 129 Å². The summed E-state index contributed by atoms with van der Waals surface area (Å²) in [5, 5.41) is 19.5. The Bertz CT molecular complexity index is 597. The van der Waals surface area contributed by atoms with Crippen LogP contribution in [-0.4, -0.2) is 41.4 Å². The Morgan fingerprint density at radius 3 is 2.68 bits per heavy atom. The smallest absolute Gasteiger partial charge is 0.246 e. The van der Waals surface area contributed by atoms with Gasteiger partial charge in [-0.15, -0.1) is 0 Å². The fourth-order valence-corrected chi connectivity index (χ4v) is 2.02. The molecule has 0 aliphatic rings. The zero-order chi connectivity index (χ0) is 15.8. The lowest BCUT2D eigenvalue weighted by Crippen LogP contribution is -2.39. The maximum Gasteiger partial charge on any atom is 0.246 e. The van der Waals surface area contributed by atoms with E-state index < -0.39 is 0 Å². The van der Waals surface area contributed by atoms with Crippen molar-refractivity contribution in [3.05, 3.63) is 47.6 Å². The highest BCUT2D eigenvalue weighted by molar-refractivity contribution is 5.79. The third-order valence-electron chi connectivity index (χ3n) is 3.21. The van der Waals surface area contributed by atoms with Crippen molar-refractivity contribution < 1.29 is 9.63 Å². The highest BCUT2D eigenvalue weighted by Gasteiger charge is 2.11. The first-order valence-electron chi connectivity index (χ1n) is 7.12. The van der Waals surface area contributed by atoms with Gasteiger partial charge in [-0.2, -0.15) is 4.98 Å². The summed E-state index contributed by atoms with van der Waals surface area (Å²) in [4.78, 5) is 8.25. The minimum absolute atomic E-state index is 0.00500. The number of aliphatic imine (C=N–C) groups is 1. The van der Waals surface area contributed by atoms with Crippen LogP contribution < -0.4 is 10.6 Å². The second kappa shape index (κ2) is 8.14. The zero-order valence-electron chi connectivity index (χ0n) is 12.8. The van der Waals surface area contributed by atoms with Crippen molar-refractivity contribution in [1.82, 2.24) is 20.8 Å². The van der Waals surface area contributed by atoms with E-state index in [0.717, 1.165) is 5.56 Å². The van der Waals surface area contributed by atoms with Gasteiger partial charge in [-0.25, -0.2) is 0 Å². The highest BCUT2D eigenvalue weighted by atomic mass is 16.5. The van der Waals surface area contributed by atoms with E-state index in [1.165, 1.54) is 0 Å².